The number of benzene rings is 1. The number of ketones is 1. The van der Waals surface area contributed by atoms with E-state index in [0.29, 0.717) is 10.7 Å². The van der Waals surface area contributed by atoms with Crippen molar-refractivity contribution in [3.05, 3.63) is 29.3 Å². The zero-order valence-corrected chi connectivity index (χ0v) is 9.74. The van der Waals surface area contributed by atoms with E-state index >= 15 is 0 Å². The van der Waals surface area contributed by atoms with Gasteiger partial charge < -0.3 is 0 Å². The molecule has 1 aromatic rings. The number of nitrogens with one attached hydrogen (secondary N) is 1. The SMILES string of the molecule is N#C/C(=N\Nc1ccccc1Cl)C(=O)C1CC1. The van der Waals surface area contributed by atoms with Crippen LogP contribution in [0.3, 0.4) is 0 Å². The second-order valence-electron chi connectivity index (χ2n) is 3.80. The van der Waals surface area contributed by atoms with E-state index in [9.17, 15) is 4.79 Å². The number of rotatable bonds is 4. The molecule has 86 valence electrons. The molecule has 1 N–H and O–H groups in total. The smallest absolute Gasteiger partial charge is 0.203 e. The second kappa shape index (κ2) is 4.98. The lowest BCUT2D eigenvalue weighted by atomic mass is 10.2. The largest absolute Gasteiger partial charge is 0.291 e. The number of hydrogen-bond acceptors (Lipinski definition) is 4. The number of carbonyl (C=O) groups excluding carboxylic acids is 1. The molecule has 2 rings (SSSR count). The van der Waals surface area contributed by atoms with Crippen LogP contribution in [0.4, 0.5) is 5.69 Å². The molecule has 5 heteroatoms. The first-order valence-corrected chi connectivity index (χ1v) is 5.62. The maximum absolute atomic E-state index is 11.6. The summed E-state index contributed by atoms with van der Waals surface area (Å²) in [6.07, 6.45) is 1.71. The molecule has 0 saturated heterocycles. The van der Waals surface area contributed by atoms with Crippen LogP contribution in [0.1, 0.15) is 12.8 Å². The average molecular weight is 248 g/mol. The lowest BCUT2D eigenvalue weighted by molar-refractivity contribution is -0.113. The molecule has 1 saturated carbocycles. The van der Waals surface area contributed by atoms with Crippen LogP contribution in [0.5, 0.6) is 0 Å². The minimum Gasteiger partial charge on any atom is -0.291 e. The van der Waals surface area contributed by atoms with E-state index < -0.39 is 0 Å². The van der Waals surface area contributed by atoms with E-state index in [2.05, 4.69) is 10.5 Å². The van der Waals surface area contributed by atoms with Gasteiger partial charge >= 0.3 is 0 Å². The maximum Gasteiger partial charge on any atom is 0.203 e. The summed E-state index contributed by atoms with van der Waals surface area (Å²) in [4.78, 5) is 11.6. The van der Waals surface area contributed by atoms with Gasteiger partial charge in [-0.2, -0.15) is 10.4 Å². The van der Waals surface area contributed by atoms with E-state index in [4.69, 9.17) is 16.9 Å². The van der Waals surface area contributed by atoms with Gasteiger partial charge in [-0.3, -0.25) is 10.2 Å². The molecule has 1 aromatic carbocycles. The third kappa shape index (κ3) is 2.83. The molecular formula is C12H10ClN3O. The van der Waals surface area contributed by atoms with Crippen LogP contribution in [0.15, 0.2) is 29.4 Å². The molecule has 0 unspecified atom stereocenters. The summed E-state index contributed by atoms with van der Waals surface area (Å²) in [6.45, 7) is 0. The Morgan fingerprint density at radius 2 is 2.18 bits per heavy atom. The van der Waals surface area contributed by atoms with E-state index in [-0.39, 0.29) is 17.4 Å². The Labute approximate surface area is 104 Å². The van der Waals surface area contributed by atoms with Crippen molar-refractivity contribution in [1.82, 2.24) is 0 Å². The van der Waals surface area contributed by atoms with E-state index in [1.807, 2.05) is 6.07 Å². The zero-order valence-electron chi connectivity index (χ0n) is 8.98. The number of hydrogen-bond donors (Lipinski definition) is 1. The van der Waals surface area contributed by atoms with Gasteiger partial charge in [0.25, 0.3) is 0 Å². The minimum absolute atomic E-state index is 0.0126. The summed E-state index contributed by atoms with van der Waals surface area (Å²) >= 11 is 5.91. The Morgan fingerprint density at radius 1 is 1.47 bits per heavy atom. The Balaban J connectivity index is 2.11. The highest BCUT2D eigenvalue weighted by atomic mass is 35.5. The monoisotopic (exact) mass is 247 g/mol. The summed E-state index contributed by atoms with van der Waals surface area (Å²) in [5.74, 6) is -0.200. The number of nitriles is 1. The fourth-order valence-corrected chi connectivity index (χ4v) is 1.52. The number of Topliss-reactive ketones (excluding diaryl/α,β-unsaturated/α-hetero) is 1. The highest BCUT2D eigenvalue weighted by Gasteiger charge is 2.33. The Kier molecular flexibility index (Phi) is 3.40. The molecule has 0 amide bonds. The number of anilines is 1. The van der Waals surface area contributed by atoms with E-state index in [0.717, 1.165) is 12.8 Å². The van der Waals surface area contributed by atoms with Crippen LogP contribution in [-0.2, 0) is 4.79 Å². The lowest BCUT2D eigenvalue weighted by Gasteiger charge is -2.02. The van der Waals surface area contributed by atoms with Crippen molar-refractivity contribution < 1.29 is 4.79 Å². The molecule has 0 radical (unpaired) electrons. The highest BCUT2D eigenvalue weighted by molar-refractivity contribution is 6.47. The molecule has 0 heterocycles. The first-order chi connectivity index (χ1) is 8.22. The van der Waals surface area contributed by atoms with E-state index in [1.54, 1.807) is 24.3 Å². The molecule has 0 bridgehead atoms. The summed E-state index contributed by atoms with van der Waals surface area (Å²) in [5, 5.41) is 13.1. The Hall–Kier alpha value is -1.86. The molecule has 4 nitrogen and oxygen atoms in total. The molecule has 1 aliphatic carbocycles. The fraction of sp³-hybridized carbons (Fsp3) is 0.250. The van der Waals surface area contributed by atoms with Crippen molar-refractivity contribution in [1.29, 1.82) is 5.26 Å². The summed E-state index contributed by atoms with van der Waals surface area (Å²) < 4.78 is 0. The quantitative estimate of drug-likeness (QED) is 0.657. The first kappa shape index (κ1) is 11.6. The highest BCUT2D eigenvalue weighted by Crippen LogP contribution is 2.30. The molecular weight excluding hydrogens is 238 g/mol. The molecule has 0 spiro atoms. The van der Waals surface area contributed by atoms with Crippen LogP contribution >= 0.6 is 11.6 Å². The van der Waals surface area contributed by atoms with Crippen molar-refractivity contribution in [2.75, 3.05) is 5.43 Å². The van der Waals surface area contributed by atoms with Crippen LogP contribution in [-0.4, -0.2) is 11.5 Å². The van der Waals surface area contributed by atoms with Crippen LogP contribution in [0.25, 0.3) is 0 Å². The van der Waals surface area contributed by atoms with Gasteiger partial charge in [0.1, 0.15) is 6.07 Å². The predicted octanol–water partition coefficient (Wildman–Crippen LogP) is 2.61. The van der Waals surface area contributed by atoms with Crippen molar-refractivity contribution in [2.24, 2.45) is 11.0 Å². The maximum atomic E-state index is 11.6. The standard InChI is InChI=1S/C12H10ClN3O/c13-9-3-1-2-4-10(9)15-16-11(7-14)12(17)8-5-6-8/h1-4,8,15H,5-6H2/b16-11+. The Bertz CT molecular complexity index is 515. The lowest BCUT2D eigenvalue weighted by Crippen LogP contribution is -2.15. The van der Waals surface area contributed by atoms with Gasteiger partial charge in [-0.25, -0.2) is 0 Å². The predicted molar refractivity (Wildman–Crippen MR) is 65.9 cm³/mol. The molecule has 0 aromatic heterocycles. The summed E-state index contributed by atoms with van der Waals surface area (Å²) in [6, 6.07) is 8.81. The van der Waals surface area contributed by atoms with E-state index in [1.165, 1.54) is 0 Å². The number of para-hydroxylation sites is 1. The van der Waals surface area contributed by atoms with Crippen molar-refractivity contribution in [3.8, 4) is 6.07 Å². The van der Waals surface area contributed by atoms with Gasteiger partial charge in [-0.15, -0.1) is 0 Å². The second-order valence-corrected chi connectivity index (χ2v) is 4.21. The van der Waals surface area contributed by atoms with Gasteiger partial charge in [0.05, 0.1) is 10.7 Å². The minimum atomic E-state index is -0.188. The molecule has 0 aliphatic heterocycles. The summed E-state index contributed by atoms with van der Waals surface area (Å²) in [7, 11) is 0. The van der Waals surface area contributed by atoms with Crippen molar-refractivity contribution in [2.45, 2.75) is 12.8 Å². The Morgan fingerprint density at radius 3 is 2.76 bits per heavy atom. The van der Waals surface area contributed by atoms with Crippen molar-refractivity contribution >= 4 is 28.8 Å². The third-order valence-corrected chi connectivity index (χ3v) is 2.78. The van der Waals surface area contributed by atoms with Crippen LogP contribution in [0, 0.1) is 17.2 Å². The molecule has 17 heavy (non-hydrogen) atoms. The van der Waals surface area contributed by atoms with Gasteiger partial charge in [0, 0.05) is 5.92 Å². The number of carbonyl (C=O) groups is 1. The number of halogens is 1. The van der Waals surface area contributed by atoms with Gasteiger partial charge in [-0.1, -0.05) is 23.7 Å². The summed E-state index contributed by atoms with van der Waals surface area (Å²) in [5.41, 5.74) is 3.12. The van der Waals surface area contributed by atoms with Gasteiger partial charge in [0.15, 0.2) is 5.78 Å². The fourth-order valence-electron chi connectivity index (χ4n) is 1.34. The molecule has 1 fully saturated rings. The normalized spacial score (nSPS) is 15.2. The zero-order chi connectivity index (χ0) is 12.3. The van der Waals surface area contributed by atoms with Gasteiger partial charge in [0.2, 0.25) is 5.71 Å². The average Bonchev–Trinajstić information content (AvgIpc) is 3.15. The molecule has 1 aliphatic rings. The first-order valence-electron chi connectivity index (χ1n) is 5.25. The number of hydrazone groups is 1. The van der Waals surface area contributed by atoms with Gasteiger partial charge in [-0.05, 0) is 25.0 Å². The number of nitrogens with zero attached hydrogens (tertiary/aromatic N) is 2. The van der Waals surface area contributed by atoms with Crippen LogP contribution < -0.4 is 5.43 Å². The van der Waals surface area contributed by atoms with Crippen LogP contribution in [0.2, 0.25) is 5.02 Å². The topological polar surface area (TPSA) is 65.2 Å². The molecule has 0 atom stereocenters. The third-order valence-electron chi connectivity index (χ3n) is 2.45. The van der Waals surface area contributed by atoms with Crippen molar-refractivity contribution in [3.63, 3.8) is 0 Å².